The number of hydrogen-bond donors (Lipinski definition) is 1. The molecule has 1 rings (SSSR count). The van der Waals surface area contributed by atoms with Crippen molar-refractivity contribution in [3.8, 4) is 5.88 Å². The molecule has 1 atom stereocenters. The first-order chi connectivity index (χ1) is 8.15. The number of methoxy groups -OCH3 is 1. The van der Waals surface area contributed by atoms with Gasteiger partial charge in [-0.05, 0) is 5.92 Å². The van der Waals surface area contributed by atoms with Crippen LogP contribution in [0.4, 0.5) is 0 Å². The largest absolute Gasteiger partial charge is 0.479 e. The van der Waals surface area contributed by atoms with E-state index in [9.17, 15) is 9.90 Å². The maximum atomic E-state index is 12.1. The van der Waals surface area contributed by atoms with Gasteiger partial charge in [-0.25, -0.2) is 9.97 Å². The van der Waals surface area contributed by atoms with Gasteiger partial charge in [-0.3, -0.25) is 4.79 Å². The molecule has 1 heterocycles. The Morgan fingerprint density at radius 2 is 1.94 bits per heavy atom. The average molecular weight is 238 g/mol. The van der Waals surface area contributed by atoms with Crippen molar-refractivity contribution >= 4 is 5.78 Å². The molecular weight excluding hydrogens is 220 g/mol. The zero-order chi connectivity index (χ0) is 12.8. The first-order valence-corrected chi connectivity index (χ1v) is 5.72. The molecule has 0 aliphatic rings. The number of carbonyl (C=O) groups is 1. The van der Waals surface area contributed by atoms with E-state index in [0.29, 0.717) is 0 Å². The molecule has 0 saturated carbocycles. The van der Waals surface area contributed by atoms with Crippen molar-refractivity contribution < 1.29 is 14.6 Å². The SMILES string of the molecule is CCC(CC)C(O)C(=O)c1nccnc1OC. The Morgan fingerprint density at radius 3 is 2.47 bits per heavy atom. The third-order valence-corrected chi connectivity index (χ3v) is 2.86. The predicted octanol–water partition coefficient (Wildman–Crippen LogP) is 1.46. The summed E-state index contributed by atoms with van der Waals surface area (Å²) in [6, 6.07) is 0. The van der Waals surface area contributed by atoms with Crippen LogP contribution in [0.5, 0.6) is 5.88 Å². The first-order valence-electron chi connectivity index (χ1n) is 5.72. The number of aliphatic hydroxyl groups is 1. The molecule has 0 radical (unpaired) electrons. The number of hydrogen-bond acceptors (Lipinski definition) is 5. The molecule has 5 heteroatoms. The molecule has 1 unspecified atom stereocenters. The van der Waals surface area contributed by atoms with E-state index in [2.05, 4.69) is 9.97 Å². The smallest absolute Gasteiger partial charge is 0.243 e. The highest BCUT2D eigenvalue weighted by Crippen LogP contribution is 2.20. The lowest BCUT2D eigenvalue weighted by Gasteiger charge is -2.18. The van der Waals surface area contributed by atoms with Gasteiger partial charge in [0.25, 0.3) is 0 Å². The van der Waals surface area contributed by atoms with Crippen LogP contribution >= 0.6 is 0 Å². The van der Waals surface area contributed by atoms with Crippen LogP contribution < -0.4 is 4.74 Å². The van der Waals surface area contributed by atoms with Crippen molar-refractivity contribution in [3.63, 3.8) is 0 Å². The molecule has 1 N–H and O–H groups in total. The number of nitrogens with zero attached hydrogens (tertiary/aromatic N) is 2. The minimum atomic E-state index is -1.05. The van der Waals surface area contributed by atoms with Crippen molar-refractivity contribution in [2.75, 3.05) is 7.11 Å². The summed E-state index contributed by atoms with van der Waals surface area (Å²) in [5.74, 6) is -0.333. The first kappa shape index (κ1) is 13.6. The summed E-state index contributed by atoms with van der Waals surface area (Å²) in [4.78, 5) is 19.9. The number of rotatable bonds is 6. The molecule has 0 bridgehead atoms. The molecule has 0 aliphatic carbocycles. The van der Waals surface area contributed by atoms with Crippen LogP contribution in [0.25, 0.3) is 0 Å². The second-order valence-electron chi connectivity index (χ2n) is 3.80. The molecule has 0 spiro atoms. The number of aromatic nitrogens is 2. The number of Topliss-reactive ketones (excluding diaryl/α,β-unsaturated/α-hetero) is 1. The highest BCUT2D eigenvalue weighted by Gasteiger charge is 2.28. The second-order valence-corrected chi connectivity index (χ2v) is 3.80. The fraction of sp³-hybridized carbons (Fsp3) is 0.583. The van der Waals surface area contributed by atoms with Crippen molar-refractivity contribution in [3.05, 3.63) is 18.1 Å². The summed E-state index contributed by atoms with van der Waals surface area (Å²) >= 11 is 0. The molecule has 17 heavy (non-hydrogen) atoms. The van der Waals surface area contributed by atoms with Crippen LogP contribution in [0.1, 0.15) is 37.2 Å². The van der Waals surface area contributed by atoms with E-state index in [1.54, 1.807) is 0 Å². The maximum Gasteiger partial charge on any atom is 0.243 e. The Balaban J connectivity index is 2.95. The summed E-state index contributed by atoms with van der Waals surface area (Å²) in [7, 11) is 1.42. The van der Waals surface area contributed by atoms with Gasteiger partial charge in [0.2, 0.25) is 11.7 Å². The van der Waals surface area contributed by atoms with Gasteiger partial charge < -0.3 is 9.84 Å². The lowest BCUT2D eigenvalue weighted by atomic mass is 9.92. The molecular formula is C12H18N2O3. The van der Waals surface area contributed by atoms with Crippen LogP contribution in [0.15, 0.2) is 12.4 Å². The molecule has 0 fully saturated rings. The Kier molecular flexibility index (Phi) is 5.03. The summed E-state index contributed by atoms with van der Waals surface area (Å²) in [5, 5.41) is 9.98. The number of aliphatic hydroxyl groups excluding tert-OH is 1. The van der Waals surface area contributed by atoms with E-state index >= 15 is 0 Å². The van der Waals surface area contributed by atoms with Crippen LogP contribution in [-0.2, 0) is 0 Å². The van der Waals surface area contributed by atoms with Crippen LogP contribution in [0.2, 0.25) is 0 Å². The van der Waals surface area contributed by atoms with Gasteiger partial charge in [-0.15, -0.1) is 0 Å². The van der Waals surface area contributed by atoms with Crippen molar-refractivity contribution in [1.29, 1.82) is 0 Å². The fourth-order valence-corrected chi connectivity index (χ4v) is 1.73. The third kappa shape index (κ3) is 3.00. The Labute approximate surface area is 101 Å². The zero-order valence-electron chi connectivity index (χ0n) is 10.4. The summed E-state index contributed by atoms with van der Waals surface area (Å²) in [5.41, 5.74) is 0.0920. The lowest BCUT2D eigenvalue weighted by molar-refractivity contribution is 0.0578. The third-order valence-electron chi connectivity index (χ3n) is 2.86. The van der Waals surface area contributed by atoms with Crippen LogP contribution in [0, 0.1) is 5.92 Å². The minimum absolute atomic E-state index is 0.0609. The van der Waals surface area contributed by atoms with E-state index in [1.165, 1.54) is 19.5 Å². The minimum Gasteiger partial charge on any atom is -0.479 e. The van der Waals surface area contributed by atoms with Crippen molar-refractivity contribution in [2.24, 2.45) is 5.92 Å². The second kappa shape index (κ2) is 6.30. The van der Waals surface area contributed by atoms with Gasteiger partial charge in [-0.2, -0.15) is 0 Å². The maximum absolute atomic E-state index is 12.1. The summed E-state index contributed by atoms with van der Waals surface area (Å²) < 4.78 is 4.96. The van der Waals surface area contributed by atoms with E-state index in [0.717, 1.165) is 12.8 Å². The van der Waals surface area contributed by atoms with Gasteiger partial charge in [0.05, 0.1) is 7.11 Å². The molecule has 94 valence electrons. The Hall–Kier alpha value is -1.49. The highest BCUT2D eigenvalue weighted by atomic mass is 16.5. The van der Waals surface area contributed by atoms with Gasteiger partial charge in [0.1, 0.15) is 6.10 Å². The molecule has 0 aromatic carbocycles. The molecule has 0 aliphatic heterocycles. The monoisotopic (exact) mass is 238 g/mol. The molecule has 5 nitrogen and oxygen atoms in total. The summed E-state index contributed by atoms with van der Waals surface area (Å²) in [6.07, 6.45) is 3.29. The number of carbonyl (C=O) groups excluding carboxylic acids is 1. The van der Waals surface area contributed by atoms with E-state index < -0.39 is 11.9 Å². The average Bonchev–Trinajstić information content (AvgIpc) is 2.39. The van der Waals surface area contributed by atoms with Gasteiger partial charge in [0.15, 0.2) is 5.69 Å². The topological polar surface area (TPSA) is 72.3 Å². The normalized spacial score (nSPS) is 12.5. The highest BCUT2D eigenvalue weighted by molar-refractivity contribution is 5.99. The van der Waals surface area contributed by atoms with Gasteiger partial charge in [0, 0.05) is 12.4 Å². The van der Waals surface area contributed by atoms with Crippen LogP contribution in [0.3, 0.4) is 0 Å². The standard InChI is InChI=1S/C12H18N2O3/c1-4-8(5-2)10(15)11(16)9-12(17-3)14-7-6-13-9/h6-8,10,15H,4-5H2,1-3H3. The van der Waals surface area contributed by atoms with E-state index in [4.69, 9.17) is 4.74 Å². The van der Waals surface area contributed by atoms with Crippen molar-refractivity contribution in [1.82, 2.24) is 9.97 Å². The van der Waals surface area contributed by atoms with Crippen LogP contribution in [-0.4, -0.2) is 34.1 Å². The lowest BCUT2D eigenvalue weighted by Crippen LogP contribution is -2.30. The number of ether oxygens (including phenoxy) is 1. The molecule has 0 saturated heterocycles. The summed E-state index contributed by atoms with van der Waals surface area (Å²) in [6.45, 7) is 3.89. The van der Waals surface area contributed by atoms with Gasteiger partial charge >= 0.3 is 0 Å². The van der Waals surface area contributed by atoms with Gasteiger partial charge in [-0.1, -0.05) is 26.7 Å². The quantitative estimate of drug-likeness (QED) is 0.760. The zero-order valence-corrected chi connectivity index (χ0v) is 10.4. The molecule has 1 aromatic rings. The fourth-order valence-electron chi connectivity index (χ4n) is 1.73. The van der Waals surface area contributed by atoms with Crippen molar-refractivity contribution in [2.45, 2.75) is 32.8 Å². The molecule has 0 amide bonds. The van der Waals surface area contributed by atoms with E-state index in [-0.39, 0.29) is 17.5 Å². The Bertz CT molecular complexity index is 378. The number of ketones is 1. The van der Waals surface area contributed by atoms with E-state index in [1.807, 2.05) is 13.8 Å². The molecule has 1 aromatic heterocycles. The predicted molar refractivity (Wildman–Crippen MR) is 63.0 cm³/mol. The Morgan fingerprint density at radius 1 is 1.35 bits per heavy atom.